The molecule has 0 radical (unpaired) electrons. The first-order valence-electron chi connectivity index (χ1n) is 9.89. The highest BCUT2D eigenvalue weighted by molar-refractivity contribution is 5.68. The van der Waals surface area contributed by atoms with Crippen molar-refractivity contribution in [2.24, 2.45) is 0 Å². The predicted octanol–water partition coefficient (Wildman–Crippen LogP) is 6.02. The van der Waals surface area contributed by atoms with Gasteiger partial charge in [-0.05, 0) is 61.4 Å². The molecular weight excluding hydrogens is 316 g/mol. The minimum Gasteiger partial charge on any atom is -0.372 e. The number of anilines is 1. The number of benzene rings is 1. The topological polar surface area (TPSA) is 6.48 Å². The monoisotopic (exact) mass is 348 g/mol. The van der Waals surface area contributed by atoms with Crippen molar-refractivity contribution < 1.29 is 0 Å². The molecule has 138 valence electrons. The first kappa shape index (κ1) is 18.6. The fourth-order valence-electron chi connectivity index (χ4n) is 3.85. The van der Waals surface area contributed by atoms with Gasteiger partial charge in [-0.3, -0.25) is 0 Å². The summed E-state index contributed by atoms with van der Waals surface area (Å²) >= 11 is 0. The average Bonchev–Trinajstić information content (AvgIpc) is 2.94. The van der Waals surface area contributed by atoms with Gasteiger partial charge in [-0.2, -0.15) is 0 Å². The fourth-order valence-corrected chi connectivity index (χ4v) is 3.85. The van der Waals surface area contributed by atoms with Gasteiger partial charge >= 0.3 is 0 Å². The van der Waals surface area contributed by atoms with Gasteiger partial charge in [0.1, 0.15) is 0 Å². The molecule has 2 aliphatic heterocycles. The minimum absolute atomic E-state index is 0.554. The van der Waals surface area contributed by atoms with E-state index in [0.29, 0.717) is 5.92 Å². The highest BCUT2D eigenvalue weighted by atomic mass is 15.2. The van der Waals surface area contributed by atoms with Gasteiger partial charge < -0.3 is 9.80 Å². The predicted molar refractivity (Wildman–Crippen MR) is 113 cm³/mol. The number of allylic oxidation sites excluding steroid dienone is 3. The summed E-state index contributed by atoms with van der Waals surface area (Å²) in [5, 5.41) is 0. The van der Waals surface area contributed by atoms with E-state index in [0.717, 1.165) is 30.9 Å². The molecule has 0 unspecified atom stereocenters. The number of likely N-dealkylation sites (tertiary alicyclic amines) is 1. The van der Waals surface area contributed by atoms with E-state index < -0.39 is 0 Å². The molecule has 1 aromatic carbocycles. The lowest BCUT2D eigenvalue weighted by Crippen LogP contribution is -2.28. The van der Waals surface area contributed by atoms with Gasteiger partial charge in [0.15, 0.2) is 0 Å². The second kappa shape index (κ2) is 7.99. The number of nitrogens with zero attached hydrogens (tertiary/aromatic N) is 2. The Balaban J connectivity index is 1.81. The van der Waals surface area contributed by atoms with E-state index >= 15 is 0 Å². The minimum atomic E-state index is 0.554. The molecule has 0 aromatic heterocycles. The summed E-state index contributed by atoms with van der Waals surface area (Å²) < 4.78 is 0. The molecule has 2 saturated heterocycles. The van der Waals surface area contributed by atoms with Crippen molar-refractivity contribution in [2.45, 2.75) is 46.0 Å². The number of hydrogen-bond acceptors (Lipinski definition) is 2. The van der Waals surface area contributed by atoms with Gasteiger partial charge in [0, 0.05) is 42.3 Å². The van der Waals surface area contributed by atoms with E-state index in [4.69, 9.17) is 0 Å². The van der Waals surface area contributed by atoms with Crippen molar-refractivity contribution in [2.75, 3.05) is 24.5 Å². The first-order chi connectivity index (χ1) is 12.5. The SMILES string of the molecule is C=C1CN(c2ccc(C(C)C)cc2)C(=C)/C1=C/C(=C\C)N1CCCCC1. The summed E-state index contributed by atoms with van der Waals surface area (Å²) in [4.78, 5) is 4.78. The van der Waals surface area contributed by atoms with Crippen LogP contribution in [0.25, 0.3) is 0 Å². The van der Waals surface area contributed by atoms with Crippen molar-refractivity contribution in [3.63, 3.8) is 0 Å². The van der Waals surface area contributed by atoms with Crippen LogP contribution in [-0.2, 0) is 0 Å². The summed E-state index contributed by atoms with van der Waals surface area (Å²) in [7, 11) is 0. The zero-order valence-electron chi connectivity index (χ0n) is 16.6. The zero-order valence-corrected chi connectivity index (χ0v) is 16.6. The highest BCUT2D eigenvalue weighted by Crippen LogP contribution is 2.36. The molecule has 2 heterocycles. The van der Waals surface area contributed by atoms with E-state index in [1.165, 1.54) is 41.8 Å². The third-order valence-corrected chi connectivity index (χ3v) is 5.55. The first-order valence-corrected chi connectivity index (χ1v) is 9.89. The summed E-state index contributed by atoms with van der Waals surface area (Å²) in [6.07, 6.45) is 8.44. The van der Waals surface area contributed by atoms with Crippen LogP contribution in [-0.4, -0.2) is 24.5 Å². The van der Waals surface area contributed by atoms with Gasteiger partial charge in [-0.1, -0.05) is 45.2 Å². The van der Waals surface area contributed by atoms with E-state index in [1.807, 2.05) is 0 Å². The van der Waals surface area contributed by atoms with Gasteiger partial charge in [0.25, 0.3) is 0 Å². The summed E-state index contributed by atoms with van der Waals surface area (Å²) in [5.41, 5.74) is 7.27. The van der Waals surface area contributed by atoms with Crippen LogP contribution in [0.5, 0.6) is 0 Å². The molecule has 2 nitrogen and oxygen atoms in total. The molecular formula is C24H32N2. The van der Waals surface area contributed by atoms with Crippen molar-refractivity contribution in [1.82, 2.24) is 4.90 Å². The largest absolute Gasteiger partial charge is 0.372 e. The molecule has 2 aliphatic rings. The number of rotatable bonds is 4. The molecule has 0 bridgehead atoms. The van der Waals surface area contributed by atoms with E-state index in [9.17, 15) is 0 Å². The maximum Gasteiger partial charge on any atom is 0.0482 e. The van der Waals surface area contributed by atoms with Crippen LogP contribution in [0.1, 0.15) is 51.5 Å². The molecule has 0 saturated carbocycles. The second-order valence-electron chi connectivity index (χ2n) is 7.70. The van der Waals surface area contributed by atoms with Crippen LogP contribution in [0, 0.1) is 0 Å². The molecule has 0 N–H and O–H groups in total. The van der Waals surface area contributed by atoms with Crippen LogP contribution in [0.4, 0.5) is 5.69 Å². The summed E-state index contributed by atoms with van der Waals surface area (Å²) in [6.45, 7) is 18.4. The van der Waals surface area contributed by atoms with Crippen molar-refractivity contribution >= 4 is 5.69 Å². The Labute approximate surface area is 159 Å². The van der Waals surface area contributed by atoms with Gasteiger partial charge in [-0.15, -0.1) is 0 Å². The second-order valence-corrected chi connectivity index (χ2v) is 7.70. The summed E-state index contributed by atoms with van der Waals surface area (Å²) in [5.74, 6) is 0.554. The highest BCUT2D eigenvalue weighted by Gasteiger charge is 2.26. The lowest BCUT2D eigenvalue weighted by molar-refractivity contribution is 0.292. The van der Waals surface area contributed by atoms with Crippen LogP contribution in [0.2, 0.25) is 0 Å². The van der Waals surface area contributed by atoms with Crippen molar-refractivity contribution in [1.29, 1.82) is 0 Å². The quantitative estimate of drug-likeness (QED) is 0.657. The maximum atomic E-state index is 4.38. The van der Waals surface area contributed by atoms with E-state index in [2.05, 4.69) is 80.1 Å². The van der Waals surface area contributed by atoms with Gasteiger partial charge in [-0.25, -0.2) is 0 Å². The van der Waals surface area contributed by atoms with Crippen molar-refractivity contribution in [3.8, 4) is 0 Å². The van der Waals surface area contributed by atoms with E-state index in [-0.39, 0.29) is 0 Å². The lowest BCUT2D eigenvalue weighted by atomic mass is 10.0. The van der Waals surface area contributed by atoms with Crippen LogP contribution >= 0.6 is 0 Å². The molecule has 2 heteroatoms. The standard InChI is InChI=1S/C24H32N2/c1-6-22(25-14-8-7-9-15-25)16-24-19(4)17-26(20(24)5)23-12-10-21(11-13-23)18(2)3/h6,10-13,16,18H,4-5,7-9,14-15,17H2,1-3H3/b22-6+,24-16+. The third kappa shape index (κ3) is 3.80. The molecule has 0 spiro atoms. The zero-order chi connectivity index (χ0) is 18.7. The van der Waals surface area contributed by atoms with Gasteiger partial charge in [0.2, 0.25) is 0 Å². The average molecular weight is 349 g/mol. The Morgan fingerprint density at radius 3 is 2.27 bits per heavy atom. The van der Waals surface area contributed by atoms with Gasteiger partial charge in [0.05, 0.1) is 0 Å². The molecule has 3 rings (SSSR count). The third-order valence-electron chi connectivity index (χ3n) is 5.55. The maximum absolute atomic E-state index is 4.38. The van der Waals surface area contributed by atoms with Crippen LogP contribution < -0.4 is 4.90 Å². The molecule has 26 heavy (non-hydrogen) atoms. The molecule has 1 aromatic rings. The Kier molecular flexibility index (Phi) is 5.70. The molecule has 0 amide bonds. The smallest absolute Gasteiger partial charge is 0.0482 e. The molecule has 2 fully saturated rings. The molecule has 0 aliphatic carbocycles. The van der Waals surface area contributed by atoms with Crippen LogP contribution in [0.3, 0.4) is 0 Å². The molecule has 0 atom stereocenters. The number of piperidine rings is 1. The number of hydrogen-bond donors (Lipinski definition) is 0. The Hall–Kier alpha value is -2.22. The normalized spacial score (nSPS) is 20.6. The Morgan fingerprint density at radius 2 is 1.69 bits per heavy atom. The fraction of sp³-hybridized carbons (Fsp3) is 0.417. The van der Waals surface area contributed by atoms with Crippen molar-refractivity contribution in [3.05, 3.63) is 77.7 Å². The summed E-state index contributed by atoms with van der Waals surface area (Å²) in [6, 6.07) is 8.86. The van der Waals surface area contributed by atoms with E-state index in [1.54, 1.807) is 0 Å². The Morgan fingerprint density at radius 1 is 1.04 bits per heavy atom. The Bertz CT molecular complexity index is 728. The lowest BCUT2D eigenvalue weighted by Gasteiger charge is -2.30. The van der Waals surface area contributed by atoms with Crippen LogP contribution in [0.15, 0.2) is 72.1 Å².